The molecule has 0 aliphatic heterocycles. The molecule has 0 spiro atoms. The lowest BCUT2D eigenvalue weighted by atomic mass is 10.0. The Hall–Kier alpha value is -1.17. The van der Waals surface area contributed by atoms with Gasteiger partial charge in [0.15, 0.2) is 6.61 Å². The molecule has 0 saturated heterocycles. The zero-order valence-corrected chi connectivity index (χ0v) is 16.0. The first-order valence-electron chi connectivity index (χ1n) is 10.0. The molecule has 0 N–H and O–H groups in total. The average Bonchev–Trinajstić information content (AvgIpc) is 2.58. The van der Waals surface area contributed by atoms with Gasteiger partial charge >= 0.3 is 6.16 Å². The lowest BCUT2D eigenvalue weighted by molar-refractivity contribution is 0.0632. The maximum absolute atomic E-state index is 11.1. The molecule has 0 aromatic heterocycles. The second-order valence-electron chi connectivity index (χ2n) is 6.41. The fourth-order valence-corrected chi connectivity index (χ4v) is 2.66. The van der Waals surface area contributed by atoms with Crippen molar-refractivity contribution >= 4 is 6.16 Å². The third kappa shape index (κ3) is 18.9. The van der Waals surface area contributed by atoms with E-state index in [4.69, 9.17) is 9.47 Å². The highest BCUT2D eigenvalue weighted by Gasteiger charge is 2.01. The molecule has 0 atom stereocenters. The van der Waals surface area contributed by atoms with Gasteiger partial charge in [0.1, 0.15) is 0 Å². The van der Waals surface area contributed by atoms with Crippen molar-refractivity contribution in [2.75, 3.05) is 13.2 Å². The molecule has 0 aliphatic carbocycles. The molecule has 0 unspecified atom stereocenters. The predicted molar refractivity (Wildman–Crippen MR) is 101 cm³/mol. The number of hydrogen-bond donors (Lipinski definition) is 0. The highest BCUT2D eigenvalue weighted by molar-refractivity contribution is 5.60. The molecule has 0 amide bonds. The van der Waals surface area contributed by atoms with Crippen LogP contribution >= 0.6 is 0 Å². The van der Waals surface area contributed by atoms with Crippen LogP contribution in [0.5, 0.6) is 0 Å². The standard InChI is InChI=1S/C21H38O3/c1-3-5-7-8-9-10-11-12-13-14-15-16-17-18-20-24-21(22)23-19-6-4-2/h3,5,7-20H2,1-2H3. The van der Waals surface area contributed by atoms with Crippen LogP contribution in [0.3, 0.4) is 0 Å². The van der Waals surface area contributed by atoms with E-state index in [1.807, 2.05) is 0 Å². The van der Waals surface area contributed by atoms with Gasteiger partial charge in [-0.15, -0.1) is 5.92 Å². The summed E-state index contributed by atoms with van der Waals surface area (Å²) in [5, 5.41) is 0. The predicted octanol–water partition coefficient (Wildman–Crippen LogP) is 6.64. The van der Waals surface area contributed by atoms with Gasteiger partial charge in [0.25, 0.3) is 0 Å². The van der Waals surface area contributed by atoms with E-state index in [1.165, 1.54) is 77.0 Å². The van der Waals surface area contributed by atoms with Crippen molar-refractivity contribution in [3.05, 3.63) is 0 Å². The molecule has 3 heteroatoms. The van der Waals surface area contributed by atoms with Crippen molar-refractivity contribution in [1.82, 2.24) is 0 Å². The molecule has 0 aromatic rings. The van der Waals surface area contributed by atoms with Crippen molar-refractivity contribution < 1.29 is 14.3 Å². The van der Waals surface area contributed by atoms with Crippen LogP contribution in [-0.2, 0) is 9.47 Å². The van der Waals surface area contributed by atoms with Crippen LogP contribution in [0.1, 0.15) is 104 Å². The number of rotatable bonds is 16. The van der Waals surface area contributed by atoms with Crippen molar-refractivity contribution in [3.63, 3.8) is 0 Å². The van der Waals surface area contributed by atoms with Crippen LogP contribution in [0.25, 0.3) is 0 Å². The van der Waals surface area contributed by atoms with Crippen molar-refractivity contribution in [1.29, 1.82) is 0 Å². The fraction of sp³-hybridized carbons (Fsp3) is 0.857. The summed E-state index contributed by atoms with van der Waals surface area (Å²) in [6, 6.07) is 0. The van der Waals surface area contributed by atoms with E-state index in [1.54, 1.807) is 6.92 Å². The zero-order chi connectivity index (χ0) is 17.7. The Morgan fingerprint density at radius 1 is 0.708 bits per heavy atom. The van der Waals surface area contributed by atoms with Gasteiger partial charge in [-0.25, -0.2) is 4.79 Å². The summed E-state index contributed by atoms with van der Waals surface area (Å²) in [7, 11) is 0. The van der Waals surface area contributed by atoms with Gasteiger partial charge in [0.05, 0.1) is 6.61 Å². The van der Waals surface area contributed by atoms with Gasteiger partial charge in [-0.1, -0.05) is 96.3 Å². The van der Waals surface area contributed by atoms with E-state index < -0.39 is 6.16 Å². The van der Waals surface area contributed by atoms with E-state index in [9.17, 15) is 4.79 Å². The zero-order valence-electron chi connectivity index (χ0n) is 16.0. The Bertz CT molecular complexity index is 328. The van der Waals surface area contributed by atoms with Gasteiger partial charge in [-0.3, -0.25) is 0 Å². The molecular weight excluding hydrogens is 300 g/mol. The first-order chi connectivity index (χ1) is 11.8. The lowest BCUT2D eigenvalue weighted by Crippen LogP contribution is -2.08. The van der Waals surface area contributed by atoms with Crippen molar-refractivity contribution in [2.24, 2.45) is 0 Å². The third-order valence-electron chi connectivity index (χ3n) is 4.16. The topological polar surface area (TPSA) is 35.5 Å². The Kier molecular flexibility index (Phi) is 18.9. The molecule has 0 heterocycles. The molecule has 0 saturated carbocycles. The van der Waals surface area contributed by atoms with E-state index in [0.717, 1.165) is 12.8 Å². The Balaban J connectivity index is 3.09. The molecule has 0 aromatic carbocycles. The molecule has 3 nitrogen and oxygen atoms in total. The quantitative estimate of drug-likeness (QED) is 0.180. The summed E-state index contributed by atoms with van der Waals surface area (Å²) in [6.07, 6.45) is 17.9. The van der Waals surface area contributed by atoms with Gasteiger partial charge in [-0.05, 0) is 13.3 Å². The molecule has 0 fully saturated rings. The third-order valence-corrected chi connectivity index (χ3v) is 4.16. The second-order valence-corrected chi connectivity index (χ2v) is 6.41. The smallest absolute Gasteiger partial charge is 0.434 e. The van der Waals surface area contributed by atoms with Crippen LogP contribution in [0.2, 0.25) is 0 Å². The first-order valence-corrected chi connectivity index (χ1v) is 10.0. The van der Waals surface area contributed by atoms with Crippen LogP contribution < -0.4 is 0 Å². The Labute approximate surface area is 149 Å². The average molecular weight is 339 g/mol. The number of carbonyl (C=O) groups excluding carboxylic acids is 1. The normalized spacial score (nSPS) is 10.1. The molecular formula is C21H38O3. The highest BCUT2D eigenvalue weighted by atomic mass is 16.7. The maximum Gasteiger partial charge on any atom is 0.509 e. The molecule has 0 radical (unpaired) electrons. The molecule has 0 aliphatic rings. The van der Waals surface area contributed by atoms with E-state index in [-0.39, 0.29) is 6.61 Å². The van der Waals surface area contributed by atoms with Crippen LogP contribution in [0.4, 0.5) is 4.79 Å². The lowest BCUT2D eigenvalue weighted by Gasteiger charge is -2.04. The summed E-state index contributed by atoms with van der Waals surface area (Å²) < 4.78 is 9.73. The van der Waals surface area contributed by atoms with Crippen LogP contribution in [-0.4, -0.2) is 19.4 Å². The minimum atomic E-state index is -0.604. The fourth-order valence-electron chi connectivity index (χ4n) is 2.66. The van der Waals surface area contributed by atoms with Crippen molar-refractivity contribution in [3.8, 4) is 11.8 Å². The van der Waals surface area contributed by atoms with Crippen molar-refractivity contribution in [2.45, 2.75) is 104 Å². The van der Waals surface area contributed by atoms with Gasteiger partial charge in [0, 0.05) is 0 Å². The summed E-state index contributed by atoms with van der Waals surface area (Å²) in [5.41, 5.74) is 0. The SMILES string of the molecule is CC#CCOC(=O)OCCCCCCCCCCCCCCCC. The number of unbranched alkanes of at least 4 members (excludes halogenated alkanes) is 13. The number of ether oxygens (including phenoxy) is 2. The number of hydrogen-bond acceptors (Lipinski definition) is 3. The number of carbonyl (C=O) groups is 1. The summed E-state index contributed by atoms with van der Waals surface area (Å²) in [6.45, 7) is 4.55. The largest absolute Gasteiger partial charge is 0.509 e. The summed E-state index contributed by atoms with van der Waals surface area (Å²) in [4.78, 5) is 11.1. The molecule has 24 heavy (non-hydrogen) atoms. The van der Waals surface area contributed by atoms with E-state index in [2.05, 4.69) is 18.8 Å². The maximum atomic E-state index is 11.1. The Morgan fingerprint density at radius 2 is 1.17 bits per heavy atom. The summed E-state index contributed by atoms with van der Waals surface area (Å²) in [5.74, 6) is 5.32. The molecule has 0 rings (SSSR count). The van der Waals surface area contributed by atoms with E-state index >= 15 is 0 Å². The van der Waals surface area contributed by atoms with Crippen LogP contribution in [0, 0.1) is 11.8 Å². The molecule has 0 bridgehead atoms. The van der Waals surface area contributed by atoms with Gasteiger partial charge in [-0.2, -0.15) is 0 Å². The minimum Gasteiger partial charge on any atom is -0.434 e. The Morgan fingerprint density at radius 3 is 1.62 bits per heavy atom. The van der Waals surface area contributed by atoms with Gasteiger partial charge in [0.2, 0.25) is 0 Å². The monoisotopic (exact) mass is 338 g/mol. The molecule has 140 valence electrons. The second kappa shape index (κ2) is 19.9. The first kappa shape index (κ1) is 22.8. The van der Waals surface area contributed by atoms with E-state index in [0.29, 0.717) is 6.61 Å². The van der Waals surface area contributed by atoms with Gasteiger partial charge < -0.3 is 9.47 Å². The van der Waals surface area contributed by atoms with Crippen LogP contribution in [0.15, 0.2) is 0 Å². The minimum absolute atomic E-state index is 0.119. The highest BCUT2D eigenvalue weighted by Crippen LogP contribution is 2.12. The summed E-state index contributed by atoms with van der Waals surface area (Å²) >= 11 is 0.